The van der Waals surface area contributed by atoms with E-state index in [9.17, 15) is 4.79 Å². The Morgan fingerprint density at radius 2 is 2.32 bits per heavy atom. The molecule has 1 heterocycles. The minimum Gasteiger partial charge on any atom is -0.489 e. The highest BCUT2D eigenvalue weighted by Gasteiger charge is 2.31. The Kier molecular flexibility index (Phi) is 4.66. The molecule has 4 nitrogen and oxygen atoms in total. The molecule has 0 spiro atoms. The van der Waals surface area contributed by atoms with Crippen molar-refractivity contribution in [3.8, 4) is 5.75 Å². The summed E-state index contributed by atoms with van der Waals surface area (Å²) >= 11 is 6.07. The molecule has 1 aliphatic heterocycles. The zero-order chi connectivity index (χ0) is 13.8. The monoisotopic (exact) mass is 283 g/mol. The first-order valence-electron chi connectivity index (χ1n) is 6.40. The summed E-state index contributed by atoms with van der Waals surface area (Å²) in [6, 6.07) is 5.38. The van der Waals surface area contributed by atoms with E-state index < -0.39 is 0 Å². The van der Waals surface area contributed by atoms with Gasteiger partial charge in [-0.2, -0.15) is 0 Å². The lowest BCUT2D eigenvalue weighted by molar-refractivity contribution is -0.142. The van der Waals surface area contributed by atoms with E-state index in [0.29, 0.717) is 13.0 Å². The topological polar surface area (TPSA) is 47.6 Å². The molecule has 0 aliphatic carbocycles. The van der Waals surface area contributed by atoms with Crippen LogP contribution >= 0.6 is 11.6 Å². The van der Waals surface area contributed by atoms with Gasteiger partial charge in [0.2, 0.25) is 0 Å². The average Bonchev–Trinajstić information content (AvgIpc) is 2.88. The molecule has 5 heteroatoms. The molecule has 1 aliphatic rings. The van der Waals surface area contributed by atoms with Crippen LogP contribution in [-0.2, 0) is 16.0 Å². The fraction of sp³-hybridized carbons (Fsp3) is 0.500. The highest BCUT2D eigenvalue weighted by molar-refractivity contribution is 6.31. The number of aryl methyl sites for hydroxylation is 1. The van der Waals surface area contributed by atoms with Crippen molar-refractivity contribution in [2.24, 2.45) is 0 Å². The van der Waals surface area contributed by atoms with Crippen LogP contribution in [0.3, 0.4) is 0 Å². The molecule has 0 amide bonds. The van der Waals surface area contributed by atoms with Crippen LogP contribution in [-0.4, -0.2) is 31.8 Å². The predicted octanol–water partition coefficient (Wildman–Crippen LogP) is 2.18. The largest absolute Gasteiger partial charge is 0.489 e. The van der Waals surface area contributed by atoms with Crippen LogP contribution in [0.5, 0.6) is 5.75 Å². The number of hydrogen-bond donors (Lipinski definition) is 1. The van der Waals surface area contributed by atoms with Gasteiger partial charge in [0.15, 0.2) is 0 Å². The first-order chi connectivity index (χ1) is 9.13. The van der Waals surface area contributed by atoms with Gasteiger partial charge in [0.1, 0.15) is 17.9 Å². The van der Waals surface area contributed by atoms with Gasteiger partial charge in [-0.15, -0.1) is 0 Å². The molecule has 1 fully saturated rings. The van der Waals surface area contributed by atoms with Crippen LogP contribution in [0.2, 0.25) is 5.02 Å². The molecule has 19 heavy (non-hydrogen) atoms. The smallest absolute Gasteiger partial charge is 0.323 e. The summed E-state index contributed by atoms with van der Waals surface area (Å²) in [7, 11) is 1.39. The van der Waals surface area contributed by atoms with E-state index in [1.807, 2.05) is 18.2 Å². The van der Waals surface area contributed by atoms with Crippen LogP contribution in [0.1, 0.15) is 18.9 Å². The fourth-order valence-corrected chi connectivity index (χ4v) is 2.45. The molecular weight excluding hydrogens is 266 g/mol. The molecule has 2 atom stereocenters. The van der Waals surface area contributed by atoms with E-state index in [0.717, 1.165) is 22.8 Å². The van der Waals surface area contributed by atoms with Crippen LogP contribution in [0.25, 0.3) is 0 Å². The molecule has 0 bridgehead atoms. The first-order valence-corrected chi connectivity index (χ1v) is 6.78. The van der Waals surface area contributed by atoms with E-state index in [2.05, 4.69) is 12.2 Å². The molecule has 0 unspecified atom stereocenters. The normalized spacial score (nSPS) is 22.3. The van der Waals surface area contributed by atoms with Gasteiger partial charge in [0.25, 0.3) is 0 Å². The molecule has 1 N–H and O–H groups in total. The molecule has 1 saturated heterocycles. The van der Waals surface area contributed by atoms with Gasteiger partial charge >= 0.3 is 5.97 Å². The van der Waals surface area contributed by atoms with Crippen molar-refractivity contribution < 1.29 is 14.3 Å². The Balaban J connectivity index is 1.97. The summed E-state index contributed by atoms with van der Waals surface area (Å²) in [5.74, 6) is 0.551. The van der Waals surface area contributed by atoms with Gasteiger partial charge < -0.3 is 14.8 Å². The molecule has 1 aromatic rings. The number of nitrogens with one attached hydrogen (secondary N) is 1. The first kappa shape index (κ1) is 14.2. The van der Waals surface area contributed by atoms with Crippen LogP contribution < -0.4 is 10.1 Å². The maximum atomic E-state index is 11.4. The number of esters is 1. The molecule has 0 radical (unpaired) electrons. The summed E-state index contributed by atoms with van der Waals surface area (Å²) in [6.45, 7) is 2.69. The van der Waals surface area contributed by atoms with Gasteiger partial charge in [-0.1, -0.05) is 18.5 Å². The van der Waals surface area contributed by atoms with Gasteiger partial charge in [-0.05, 0) is 30.2 Å². The van der Waals surface area contributed by atoms with Gasteiger partial charge in [0, 0.05) is 18.0 Å². The van der Waals surface area contributed by atoms with E-state index in [1.54, 1.807) is 0 Å². The zero-order valence-electron chi connectivity index (χ0n) is 11.1. The third-order valence-electron chi connectivity index (χ3n) is 3.28. The van der Waals surface area contributed by atoms with Gasteiger partial charge in [-0.25, -0.2) is 0 Å². The maximum Gasteiger partial charge on any atom is 0.323 e. The van der Waals surface area contributed by atoms with E-state index >= 15 is 0 Å². The van der Waals surface area contributed by atoms with E-state index in [4.69, 9.17) is 21.1 Å². The number of hydrogen-bond acceptors (Lipinski definition) is 4. The number of halogens is 1. The molecule has 0 aromatic heterocycles. The van der Waals surface area contributed by atoms with Gasteiger partial charge in [0.05, 0.1) is 7.11 Å². The van der Waals surface area contributed by atoms with Crippen molar-refractivity contribution in [1.29, 1.82) is 0 Å². The van der Waals surface area contributed by atoms with Crippen molar-refractivity contribution in [1.82, 2.24) is 5.32 Å². The highest BCUT2D eigenvalue weighted by atomic mass is 35.5. The molecular formula is C14H18ClNO3. The second-order valence-electron chi connectivity index (χ2n) is 4.57. The second kappa shape index (κ2) is 6.26. The molecule has 0 saturated carbocycles. The summed E-state index contributed by atoms with van der Waals surface area (Å²) in [5, 5.41) is 3.85. The average molecular weight is 284 g/mol. The van der Waals surface area contributed by atoms with E-state index in [-0.39, 0.29) is 18.1 Å². The minimum absolute atomic E-state index is 0.0185. The SMILES string of the molecule is CCc1cc(O[C@H]2CN[C@@H](C(=O)OC)C2)ccc1Cl. The van der Waals surface area contributed by atoms with E-state index in [1.165, 1.54) is 7.11 Å². The second-order valence-corrected chi connectivity index (χ2v) is 4.97. The number of rotatable bonds is 4. The standard InChI is InChI=1S/C14H18ClNO3/c1-3-9-6-10(4-5-12(9)15)19-11-7-13(16-8-11)14(17)18-2/h4-6,11,13,16H,3,7-8H2,1-2H3/t11-,13-/m1/s1. The lowest BCUT2D eigenvalue weighted by atomic mass is 10.1. The third kappa shape index (κ3) is 3.39. The quantitative estimate of drug-likeness (QED) is 0.861. The highest BCUT2D eigenvalue weighted by Crippen LogP contribution is 2.24. The number of methoxy groups -OCH3 is 1. The number of carbonyl (C=O) groups excluding carboxylic acids is 1. The summed E-state index contributed by atoms with van der Waals surface area (Å²) in [5.41, 5.74) is 1.06. The molecule has 104 valence electrons. The Morgan fingerprint density at radius 1 is 1.53 bits per heavy atom. The maximum absolute atomic E-state index is 11.4. The molecule has 2 rings (SSSR count). The summed E-state index contributed by atoms with van der Waals surface area (Å²) in [6.07, 6.45) is 1.47. The Bertz CT molecular complexity index is 464. The van der Waals surface area contributed by atoms with Crippen molar-refractivity contribution in [3.63, 3.8) is 0 Å². The number of carbonyl (C=O) groups is 1. The summed E-state index contributed by atoms with van der Waals surface area (Å²) in [4.78, 5) is 11.4. The van der Waals surface area contributed by atoms with Crippen molar-refractivity contribution >= 4 is 17.6 Å². The fourth-order valence-electron chi connectivity index (χ4n) is 2.20. The van der Waals surface area contributed by atoms with Crippen LogP contribution in [0.4, 0.5) is 0 Å². The zero-order valence-corrected chi connectivity index (χ0v) is 11.9. The third-order valence-corrected chi connectivity index (χ3v) is 3.65. The predicted molar refractivity (Wildman–Crippen MR) is 73.7 cm³/mol. The van der Waals surface area contributed by atoms with Crippen LogP contribution in [0.15, 0.2) is 18.2 Å². The Morgan fingerprint density at radius 3 is 3.00 bits per heavy atom. The van der Waals surface area contributed by atoms with Crippen molar-refractivity contribution in [2.45, 2.75) is 31.9 Å². The lowest BCUT2D eigenvalue weighted by Gasteiger charge is -2.14. The Hall–Kier alpha value is -1.26. The molecule has 1 aromatic carbocycles. The Labute approximate surface area is 118 Å². The lowest BCUT2D eigenvalue weighted by Crippen LogP contribution is -2.31. The van der Waals surface area contributed by atoms with Crippen molar-refractivity contribution in [3.05, 3.63) is 28.8 Å². The minimum atomic E-state index is -0.270. The van der Waals surface area contributed by atoms with Crippen LogP contribution in [0, 0.1) is 0 Å². The van der Waals surface area contributed by atoms with Crippen molar-refractivity contribution in [2.75, 3.05) is 13.7 Å². The summed E-state index contributed by atoms with van der Waals surface area (Å²) < 4.78 is 10.6. The number of benzene rings is 1. The number of ether oxygens (including phenoxy) is 2. The van der Waals surface area contributed by atoms with Gasteiger partial charge in [-0.3, -0.25) is 4.79 Å².